The molecule has 0 aromatic carbocycles. The summed E-state index contributed by atoms with van der Waals surface area (Å²) in [5.74, 6) is 1.21. The van der Waals surface area contributed by atoms with Crippen LogP contribution in [0.1, 0.15) is 64.0 Å². The van der Waals surface area contributed by atoms with Crippen LogP contribution in [0, 0.1) is 5.92 Å². The van der Waals surface area contributed by atoms with Gasteiger partial charge in [0.05, 0.1) is 11.6 Å². The quantitative estimate of drug-likeness (QED) is 0.802. The third kappa shape index (κ3) is 3.09. The van der Waals surface area contributed by atoms with Crippen LogP contribution in [-0.2, 0) is 0 Å². The van der Waals surface area contributed by atoms with Crippen LogP contribution < -0.4 is 5.32 Å². The first-order valence-electron chi connectivity index (χ1n) is 9.01. The van der Waals surface area contributed by atoms with E-state index in [9.17, 15) is 5.11 Å². The molecule has 5 heteroatoms. The lowest BCUT2D eigenvalue weighted by molar-refractivity contribution is -0.0444. The molecule has 4 unspecified atom stereocenters. The fourth-order valence-electron chi connectivity index (χ4n) is 4.97. The fourth-order valence-corrected chi connectivity index (χ4v) is 4.97. The average Bonchev–Trinajstić information content (AvgIpc) is 2.98. The number of nitrogens with one attached hydrogen (secondary N) is 2. The molecule has 0 radical (unpaired) electrons. The summed E-state index contributed by atoms with van der Waals surface area (Å²) in [5, 5.41) is 21.0. The number of aliphatic hydroxyl groups is 1. The molecule has 2 saturated carbocycles. The number of rotatable bonds is 3. The first-order chi connectivity index (χ1) is 11.0. The second-order valence-electron chi connectivity index (χ2n) is 8.20. The number of fused-ring (bicyclic) bond motifs is 1. The summed E-state index contributed by atoms with van der Waals surface area (Å²) in [5.41, 5.74) is 2.09. The molecule has 1 aromatic rings. The molecule has 3 N–H and O–H groups in total. The Hall–Kier alpha value is -1.20. The Morgan fingerprint density at radius 2 is 2.17 bits per heavy atom. The topological polar surface area (TPSA) is 73.3 Å². The lowest BCUT2D eigenvalue weighted by atomic mass is 9.70. The molecule has 0 saturated heterocycles. The molecule has 2 fully saturated rings. The van der Waals surface area contributed by atoms with E-state index in [1.807, 2.05) is 13.1 Å². The SMILES string of the molecule is CC1=NC2CC(c3ccn[nH]3)CCC2C(NC2CC(C)(O)C2)C1. The lowest BCUT2D eigenvalue weighted by Crippen LogP contribution is -2.58. The first kappa shape index (κ1) is 15.3. The van der Waals surface area contributed by atoms with Crippen molar-refractivity contribution in [1.82, 2.24) is 15.5 Å². The molecule has 126 valence electrons. The largest absolute Gasteiger partial charge is 0.390 e. The molecule has 0 amide bonds. The Kier molecular flexibility index (Phi) is 3.81. The Morgan fingerprint density at radius 1 is 1.35 bits per heavy atom. The summed E-state index contributed by atoms with van der Waals surface area (Å²) in [7, 11) is 0. The second-order valence-corrected chi connectivity index (χ2v) is 8.20. The zero-order valence-corrected chi connectivity index (χ0v) is 14.1. The van der Waals surface area contributed by atoms with Crippen molar-refractivity contribution in [1.29, 1.82) is 0 Å². The maximum Gasteiger partial charge on any atom is 0.0649 e. The van der Waals surface area contributed by atoms with Gasteiger partial charge in [-0.1, -0.05) is 0 Å². The van der Waals surface area contributed by atoms with Gasteiger partial charge in [0.15, 0.2) is 0 Å². The summed E-state index contributed by atoms with van der Waals surface area (Å²) < 4.78 is 0. The zero-order valence-electron chi connectivity index (χ0n) is 14.1. The van der Waals surface area contributed by atoms with Crippen molar-refractivity contribution < 1.29 is 5.11 Å². The summed E-state index contributed by atoms with van der Waals surface area (Å²) in [6, 6.07) is 3.55. The molecule has 0 bridgehead atoms. The number of nitrogens with zero attached hydrogens (tertiary/aromatic N) is 2. The van der Waals surface area contributed by atoms with Crippen LogP contribution in [0.15, 0.2) is 17.3 Å². The fraction of sp³-hybridized carbons (Fsp3) is 0.778. The highest BCUT2D eigenvalue weighted by molar-refractivity contribution is 5.83. The van der Waals surface area contributed by atoms with Gasteiger partial charge >= 0.3 is 0 Å². The Labute approximate surface area is 138 Å². The van der Waals surface area contributed by atoms with E-state index in [4.69, 9.17) is 4.99 Å². The van der Waals surface area contributed by atoms with Crippen LogP contribution in [-0.4, -0.2) is 44.7 Å². The van der Waals surface area contributed by atoms with Crippen LogP contribution in [0.2, 0.25) is 0 Å². The third-order valence-corrected chi connectivity index (χ3v) is 6.07. The second kappa shape index (κ2) is 5.71. The standard InChI is InChI=1S/C18H28N4O/c1-11-7-16(21-13-9-18(2,23)10-13)14-4-3-12(8-17(14)20-11)15-5-6-19-22-15/h5-6,12-14,16-17,21,23H,3-4,7-10H2,1-2H3,(H,19,22). The molecule has 4 rings (SSSR count). The molecule has 4 atom stereocenters. The molecule has 1 aromatic heterocycles. The number of H-pyrrole nitrogens is 1. The number of aromatic amines is 1. The molecular formula is C18H28N4O. The van der Waals surface area contributed by atoms with Gasteiger partial charge in [0, 0.05) is 42.0 Å². The number of hydrogen-bond donors (Lipinski definition) is 3. The summed E-state index contributed by atoms with van der Waals surface area (Å²) in [4.78, 5) is 4.99. The van der Waals surface area contributed by atoms with Crippen LogP contribution in [0.5, 0.6) is 0 Å². The smallest absolute Gasteiger partial charge is 0.0649 e. The number of hydrogen-bond acceptors (Lipinski definition) is 4. The van der Waals surface area contributed by atoms with E-state index >= 15 is 0 Å². The van der Waals surface area contributed by atoms with Crippen LogP contribution in [0.25, 0.3) is 0 Å². The van der Waals surface area contributed by atoms with E-state index in [1.165, 1.54) is 24.2 Å². The van der Waals surface area contributed by atoms with Crippen LogP contribution in [0.4, 0.5) is 0 Å². The first-order valence-corrected chi connectivity index (χ1v) is 9.01. The van der Waals surface area contributed by atoms with Crippen molar-refractivity contribution in [3.8, 4) is 0 Å². The van der Waals surface area contributed by atoms with Gasteiger partial charge in [-0.3, -0.25) is 10.1 Å². The molecule has 23 heavy (non-hydrogen) atoms. The highest BCUT2D eigenvalue weighted by atomic mass is 16.3. The van der Waals surface area contributed by atoms with E-state index in [0.717, 1.165) is 25.7 Å². The van der Waals surface area contributed by atoms with E-state index in [-0.39, 0.29) is 0 Å². The van der Waals surface area contributed by atoms with Crippen molar-refractivity contribution >= 4 is 5.71 Å². The molecule has 3 aliphatic rings. The zero-order chi connectivity index (χ0) is 16.0. The molecule has 1 aliphatic heterocycles. The van der Waals surface area contributed by atoms with Gasteiger partial charge in [0.2, 0.25) is 0 Å². The molecular weight excluding hydrogens is 288 g/mol. The average molecular weight is 316 g/mol. The summed E-state index contributed by atoms with van der Waals surface area (Å²) in [6.45, 7) is 4.11. The molecule has 5 nitrogen and oxygen atoms in total. The summed E-state index contributed by atoms with van der Waals surface area (Å²) in [6.07, 6.45) is 8.26. The monoisotopic (exact) mass is 316 g/mol. The van der Waals surface area contributed by atoms with Gasteiger partial charge in [-0.15, -0.1) is 0 Å². The van der Waals surface area contributed by atoms with E-state index in [1.54, 1.807) is 0 Å². The highest BCUT2D eigenvalue weighted by Gasteiger charge is 2.43. The molecule has 2 heterocycles. The van der Waals surface area contributed by atoms with Crippen LogP contribution >= 0.6 is 0 Å². The Morgan fingerprint density at radius 3 is 2.87 bits per heavy atom. The van der Waals surface area contributed by atoms with Gasteiger partial charge < -0.3 is 10.4 Å². The minimum Gasteiger partial charge on any atom is -0.390 e. The third-order valence-electron chi connectivity index (χ3n) is 6.07. The normalized spacial score (nSPS) is 43.4. The van der Waals surface area contributed by atoms with Crippen molar-refractivity contribution in [3.05, 3.63) is 18.0 Å². The van der Waals surface area contributed by atoms with Crippen molar-refractivity contribution in [2.24, 2.45) is 10.9 Å². The molecule has 2 aliphatic carbocycles. The maximum atomic E-state index is 9.96. The Balaban J connectivity index is 1.43. The van der Waals surface area contributed by atoms with Gasteiger partial charge in [-0.2, -0.15) is 5.10 Å². The van der Waals surface area contributed by atoms with Crippen LogP contribution in [0.3, 0.4) is 0 Å². The predicted molar refractivity (Wildman–Crippen MR) is 90.8 cm³/mol. The Bertz CT molecular complexity index is 572. The molecule has 0 spiro atoms. The van der Waals surface area contributed by atoms with E-state index in [2.05, 4.69) is 28.5 Å². The maximum absolute atomic E-state index is 9.96. The van der Waals surface area contributed by atoms with Crippen molar-refractivity contribution in [3.63, 3.8) is 0 Å². The lowest BCUT2D eigenvalue weighted by Gasteiger charge is -2.47. The van der Waals surface area contributed by atoms with E-state index < -0.39 is 5.60 Å². The van der Waals surface area contributed by atoms with Gasteiger partial charge in [-0.25, -0.2) is 0 Å². The minimum absolute atomic E-state index is 0.434. The van der Waals surface area contributed by atoms with Gasteiger partial charge in [-0.05, 0) is 57.9 Å². The number of aliphatic imine (C=N–C) groups is 1. The van der Waals surface area contributed by atoms with E-state index in [0.29, 0.717) is 30.0 Å². The van der Waals surface area contributed by atoms with Crippen molar-refractivity contribution in [2.45, 2.75) is 82.0 Å². The predicted octanol–water partition coefficient (Wildman–Crippen LogP) is 2.40. The minimum atomic E-state index is -0.451. The number of aromatic nitrogens is 2. The van der Waals surface area contributed by atoms with Crippen molar-refractivity contribution in [2.75, 3.05) is 0 Å². The van der Waals surface area contributed by atoms with Gasteiger partial charge in [0.25, 0.3) is 0 Å². The highest BCUT2D eigenvalue weighted by Crippen LogP contribution is 2.42. The van der Waals surface area contributed by atoms with Gasteiger partial charge in [0.1, 0.15) is 0 Å². The summed E-state index contributed by atoms with van der Waals surface area (Å²) >= 11 is 0.